The van der Waals surface area contributed by atoms with Crippen molar-refractivity contribution in [2.24, 2.45) is 0 Å². The minimum Gasteiger partial charge on any atom is -0.490 e. The van der Waals surface area contributed by atoms with Gasteiger partial charge in [-0.05, 0) is 63.1 Å². The molecule has 2 unspecified atom stereocenters. The zero-order valence-electron chi connectivity index (χ0n) is 22.8. The molecule has 2 aromatic carbocycles. The Morgan fingerprint density at radius 2 is 0.951 bits per heavy atom. The van der Waals surface area contributed by atoms with Gasteiger partial charge in [0, 0.05) is 11.1 Å². The summed E-state index contributed by atoms with van der Waals surface area (Å²) >= 11 is 0. The minimum atomic E-state index is -5.79. The van der Waals surface area contributed by atoms with E-state index in [4.69, 9.17) is 18.9 Å². The Balaban J connectivity index is 2.32. The van der Waals surface area contributed by atoms with Crippen molar-refractivity contribution in [2.75, 3.05) is 13.2 Å². The number of ether oxygens (including phenoxy) is 4. The van der Waals surface area contributed by atoms with Crippen molar-refractivity contribution in [3.05, 3.63) is 84.0 Å². The molecule has 0 radical (unpaired) electrons. The van der Waals surface area contributed by atoms with E-state index in [1.807, 2.05) is 0 Å². The first-order valence-corrected chi connectivity index (χ1v) is 12.2. The highest BCUT2D eigenvalue weighted by molar-refractivity contribution is 5.87. The van der Waals surface area contributed by atoms with Gasteiger partial charge in [-0.1, -0.05) is 37.4 Å². The number of alkyl halides is 6. The van der Waals surface area contributed by atoms with Gasteiger partial charge in [-0.15, -0.1) is 0 Å². The van der Waals surface area contributed by atoms with Crippen LogP contribution in [0.1, 0.15) is 38.8 Å². The number of carbonyl (C=O) groups excluding carboxylic acids is 2. The largest absolute Gasteiger partial charge is 0.490 e. The molecule has 0 aliphatic rings. The molecule has 0 aliphatic heterocycles. The lowest BCUT2D eigenvalue weighted by Crippen LogP contribution is -2.54. The van der Waals surface area contributed by atoms with E-state index in [-0.39, 0.29) is 35.9 Å². The second kappa shape index (κ2) is 13.1. The topological polar surface area (TPSA) is 71.1 Å². The van der Waals surface area contributed by atoms with Crippen molar-refractivity contribution in [1.29, 1.82) is 0 Å². The summed E-state index contributed by atoms with van der Waals surface area (Å²) in [5, 5.41) is 0. The van der Waals surface area contributed by atoms with Crippen molar-refractivity contribution < 1.29 is 54.9 Å². The number of hydrogen-bond donors (Lipinski definition) is 0. The van der Waals surface area contributed by atoms with Gasteiger partial charge in [0.25, 0.3) is 0 Å². The maximum absolute atomic E-state index is 14.4. The maximum Gasteiger partial charge on any atom is 0.411 e. The van der Waals surface area contributed by atoms with Gasteiger partial charge < -0.3 is 18.9 Å². The molecular weight excluding hydrogens is 558 g/mol. The fourth-order valence-corrected chi connectivity index (χ4v) is 3.65. The molecule has 2 rings (SSSR count). The molecule has 0 heterocycles. The second-order valence-electron chi connectivity index (χ2n) is 9.41. The summed E-state index contributed by atoms with van der Waals surface area (Å²) in [4.78, 5) is 23.1. The molecule has 0 saturated carbocycles. The maximum atomic E-state index is 14.4. The van der Waals surface area contributed by atoms with E-state index in [2.05, 4.69) is 13.2 Å². The average molecular weight is 589 g/mol. The SMILES string of the molecule is C=C(C)C(=O)OC(C)COc1ccc(C(c2ccc(OCC(C)OC(=O)C(=C)C)cc2)(C(F)(F)F)C(F)(F)F)cc1. The molecule has 0 aromatic heterocycles. The first kappa shape index (κ1) is 33.2. The van der Waals surface area contributed by atoms with E-state index in [9.17, 15) is 35.9 Å². The van der Waals surface area contributed by atoms with E-state index < -0.39 is 53.0 Å². The van der Waals surface area contributed by atoms with Gasteiger partial charge >= 0.3 is 24.3 Å². The van der Waals surface area contributed by atoms with Crippen molar-refractivity contribution in [3.63, 3.8) is 0 Å². The smallest absolute Gasteiger partial charge is 0.411 e. The van der Waals surface area contributed by atoms with Crippen LogP contribution in [-0.2, 0) is 24.5 Å². The van der Waals surface area contributed by atoms with Crippen LogP contribution in [0.15, 0.2) is 72.8 Å². The predicted octanol–water partition coefficient (Wildman–Crippen LogP) is 6.87. The fourth-order valence-electron chi connectivity index (χ4n) is 3.65. The van der Waals surface area contributed by atoms with Crippen molar-refractivity contribution in [2.45, 2.75) is 57.7 Å². The molecule has 0 amide bonds. The van der Waals surface area contributed by atoms with Gasteiger partial charge in [0.1, 0.15) is 36.9 Å². The molecule has 0 aliphatic carbocycles. The third-order valence-corrected chi connectivity index (χ3v) is 5.71. The molecule has 0 fully saturated rings. The van der Waals surface area contributed by atoms with Gasteiger partial charge in [0.15, 0.2) is 0 Å². The lowest BCUT2D eigenvalue weighted by molar-refractivity contribution is -0.288. The molecule has 2 aromatic rings. The van der Waals surface area contributed by atoms with E-state index >= 15 is 0 Å². The van der Waals surface area contributed by atoms with E-state index in [1.165, 1.54) is 27.7 Å². The average Bonchev–Trinajstić information content (AvgIpc) is 2.86. The summed E-state index contributed by atoms with van der Waals surface area (Å²) in [5.74, 6) is -1.41. The highest BCUT2D eigenvalue weighted by Gasteiger charge is 2.72. The van der Waals surface area contributed by atoms with Crippen LogP contribution < -0.4 is 9.47 Å². The summed E-state index contributed by atoms with van der Waals surface area (Å²) in [6.07, 6.45) is -13.1. The highest BCUT2D eigenvalue weighted by atomic mass is 19.4. The van der Waals surface area contributed by atoms with E-state index in [1.54, 1.807) is 0 Å². The van der Waals surface area contributed by atoms with Gasteiger partial charge in [-0.2, -0.15) is 26.3 Å². The summed E-state index contributed by atoms with van der Waals surface area (Å²) in [5.41, 5.74) is -6.24. The van der Waals surface area contributed by atoms with Crippen molar-refractivity contribution in [1.82, 2.24) is 0 Å². The van der Waals surface area contributed by atoms with Crippen LogP contribution >= 0.6 is 0 Å². The Labute approximate surface area is 233 Å². The number of rotatable bonds is 12. The van der Waals surface area contributed by atoms with Crippen LogP contribution in [0.3, 0.4) is 0 Å². The molecule has 0 saturated heterocycles. The number of carbonyl (C=O) groups is 2. The number of benzene rings is 2. The summed E-state index contributed by atoms with van der Waals surface area (Å²) in [6, 6.07) is 6.62. The molecule has 0 N–H and O–H groups in total. The molecular formula is C29H30F6O6. The Morgan fingerprint density at radius 3 is 1.20 bits per heavy atom. The highest BCUT2D eigenvalue weighted by Crippen LogP contribution is 2.56. The molecule has 224 valence electrons. The lowest BCUT2D eigenvalue weighted by atomic mass is 9.73. The van der Waals surface area contributed by atoms with Gasteiger partial charge in [-0.3, -0.25) is 0 Å². The third-order valence-electron chi connectivity index (χ3n) is 5.71. The van der Waals surface area contributed by atoms with Gasteiger partial charge in [0.2, 0.25) is 5.41 Å². The molecule has 12 heteroatoms. The predicted molar refractivity (Wildman–Crippen MR) is 137 cm³/mol. The first-order valence-electron chi connectivity index (χ1n) is 12.2. The Morgan fingerprint density at radius 1 is 0.659 bits per heavy atom. The molecule has 2 atom stereocenters. The Hall–Kier alpha value is -3.96. The quantitative estimate of drug-likeness (QED) is 0.153. The van der Waals surface area contributed by atoms with Crippen LogP contribution in [0.5, 0.6) is 11.5 Å². The van der Waals surface area contributed by atoms with E-state index in [0.717, 1.165) is 24.3 Å². The zero-order valence-corrected chi connectivity index (χ0v) is 22.8. The van der Waals surface area contributed by atoms with Crippen molar-refractivity contribution >= 4 is 11.9 Å². The second-order valence-corrected chi connectivity index (χ2v) is 9.41. The minimum absolute atomic E-state index is 0.0320. The Kier molecular flexibility index (Phi) is 10.7. The van der Waals surface area contributed by atoms with E-state index in [0.29, 0.717) is 24.3 Å². The van der Waals surface area contributed by atoms with Crippen LogP contribution in [-0.4, -0.2) is 49.7 Å². The molecule has 0 bridgehead atoms. The lowest BCUT2D eigenvalue weighted by Gasteiger charge is -2.38. The molecule has 6 nitrogen and oxygen atoms in total. The summed E-state index contributed by atoms with van der Waals surface area (Å²) in [7, 11) is 0. The number of esters is 2. The van der Waals surface area contributed by atoms with Crippen LogP contribution in [0.25, 0.3) is 0 Å². The fraction of sp³-hybridized carbons (Fsp3) is 0.379. The van der Waals surface area contributed by atoms with Crippen LogP contribution in [0.4, 0.5) is 26.3 Å². The normalized spacial score (nSPS) is 13.5. The number of hydrogen-bond acceptors (Lipinski definition) is 6. The summed E-state index contributed by atoms with van der Waals surface area (Å²) < 4.78 is 107. The van der Waals surface area contributed by atoms with Crippen molar-refractivity contribution in [3.8, 4) is 11.5 Å². The first-order chi connectivity index (χ1) is 18.9. The summed E-state index contributed by atoms with van der Waals surface area (Å²) in [6.45, 7) is 12.3. The molecule has 0 spiro atoms. The monoisotopic (exact) mass is 588 g/mol. The van der Waals surface area contributed by atoms with Crippen LogP contribution in [0.2, 0.25) is 0 Å². The third kappa shape index (κ3) is 8.05. The molecule has 41 heavy (non-hydrogen) atoms. The standard InChI is InChI=1S/C29H30F6O6/c1-17(2)25(36)40-19(5)15-38-23-11-7-21(8-12-23)27(28(30,31)32,29(33,34)35)22-9-13-24(14-10-22)39-16-20(6)41-26(37)18(3)4/h7-14,19-20H,1,3,15-16H2,2,4-6H3. The number of halogens is 6. The van der Waals surface area contributed by atoms with Gasteiger partial charge in [0.05, 0.1) is 0 Å². The van der Waals surface area contributed by atoms with Gasteiger partial charge in [-0.25, -0.2) is 9.59 Å². The zero-order chi connectivity index (χ0) is 31.2. The Bertz CT molecular complexity index is 1130. The van der Waals surface area contributed by atoms with Crippen LogP contribution in [0, 0.1) is 0 Å².